The SMILES string of the molecule is c1ccc(-n2ccc(CN3CCCC[C@H]3Cn3cncn3)n2)cc1. The first-order valence-corrected chi connectivity index (χ1v) is 8.55. The Balaban J connectivity index is 1.46. The van der Waals surface area contributed by atoms with Gasteiger partial charge in [-0.1, -0.05) is 24.6 Å². The summed E-state index contributed by atoms with van der Waals surface area (Å²) >= 11 is 0. The van der Waals surface area contributed by atoms with Crippen molar-refractivity contribution < 1.29 is 0 Å². The Morgan fingerprint density at radius 2 is 2.00 bits per heavy atom. The minimum absolute atomic E-state index is 0.502. The first-order valence-electron chi connectivity index (χ1n) is 8.55. The van der Waals surface area contributed by atoms with Gasteiger partial charge in [-0.25, -0.2) is 9.67 Å². The molecule has 0 radical (unpaired) electrons. The maximum absolute atomic E-state index is 4.75. The second-order valence-corrected chi connectivity index (χ2v) is 6.32. The van der Waals surface area contributed by atoms with E-state index in [1.165, 1.54) is 19.3 Å². The van der Waals surface area contributed by atoms with E-state index in [1.54, 1.807) is 12.7 Å². The molecule has 6 nitrogen and oxygen atoms in total. The monoisotopic (exact) mass is 322 g/mol. The minimum atomic E-state index is 0.502. The van der Waals surface area contributed by atoms with Crippen LogP contribution in [0.1, 0.15) is 25.0 Å². The molecule has 0 N–H and O–H groups in total. The third kappa shape index (κ3) is 3.38. The van der Waals surface area contributed by atoms with E-state index < -0.39 is 0 Å². The van der Waals surface area contributed by atoms with Gasteiger partial charge in [-0.15, -0.1) is 0 Å². The average molecular weight is 322 g/mol. The molecule has 4 rings (SSSR count). The molecule has 3 heterocycles. The highest BCUT2D eigenvalue weighted by molar-refractivity contribution is 5.30. The summed E-state index contributed by atoms with van der Waals surface area (Å²) in [6.07, 6.45) is 9.20. The number of benzene rings is 1. The zero-order valence-electron chi connectivity index (χ0n) is 13.7. The van der Waals surface area contributed by atoms with Gasteiger partial charge in [0.1, 0.15) is 12.7 Å². The van der Waals surface area contributed by atoms with Gasteiger partial charge in [0.2, 0.25) is 0 Å². The van der Waals surface area contributed by atoms with Crippen molar-refractivity contribution in [2.24, 2.45) is 0 Å². The van der Waals surface area contributed by atoms with E-state index in [1.807, 2.05) is 33.8 Å². The Labute approximate surface area is 141 Å². The number of hydrogen-bond donors (Lipinski definition) is 0. The lowest BCUT2D eigenvalue weighted by molar-refractivity contribution is 0.120. The Morgan fingerprint density at radius 1 is 1.08 bits per heavy atom. The second kappa shape index (κ2) is 6.97. The summed E-state index contributed by atoms with van der Waals surface area (Å²) in [6.45, 7) is 2.91. The second-order valence-electron chi connectivity index (χ2n) is 6.32. The third-order valence-corrected chi connectivity index (χ3v) is 4.64. The van der Waals surface area contributed by atoms with Crippen molar-refractivity contribution >= 4 is 0 Å². The average Bonchev–Trinajstić information content (AvgIpc) is 3.29. The summed E-state index contributed by atoms with van der Waals surface area (Å²) in [7, 11) is 0. The number of piperidine rings is 1. The lowest BCUT2D eigenvalue weighted by atomic mass is 10.0. The molecule has 2 aromatic heterocycles. The first kappa shape index (κ1) is 15.1. The van der Waals surface area contributed by atoms with Crippen LogP contribution in [0.15, 0.2) is 55.2 Å². The van der Waals surface area contributed by atoms with Crippen LogP contribution < -0.4 is 0 Å². The van der Waals surface area contributed by atoms with E-state index in [0.717, 1.165) is 31.0 Å². The molecule has 1 fully saturated rings. The predicted octanol–water partition coefficient (Wildman–Crippen LogP) is 2.52. The minimum Gasteiger partial charge on any atom is -0.293 e. The molecule has 3 aromatic rings. The molecule has 124 valence electrons. The Kier molecular flexibility index (Phi) is 4.38. The normalized spacial score (nSPS) is 18.8. The summed E-state index contributed by atoms with van der Waals surface area (Å²) < 4.78 is 3.89. The molecule has 6 heteroatoms. The van der Waals surface area contributed by atoms with Gasteiger partial charge >= 0.3 is 0 Å². The Morgan fingerprint density at radius 3 is 2.83 bits per heavy atom. The number of aromatic nitrogens is 5. The molecule has 1 aromatic carbocycles. The van der Waals surface area contributed by atoms with Crippen LogP contribution in [0.5, 0.6) is 0 Å². The summed E-state index contributed by atoms with van der Waals surface area (Å²) in [5.74, 6) is 0. The zero-order valence-corrected chi connectivity index (χ0v) is 13.7. The standard InChI is InChI=1S/C18H22N6/c1-2-6-17(7-3-1)24-11-9-16(21-24)12-22-10-5-4-8-18(22)13-23-15-19-14-20-23/h1-3,6-7,9,11,14-15,18H,4-5,8,10,12-13H2/t18-/m0/s1. The molecule has 1 aliphatic rings. The number of para-hydroxylation sites is 1. The molecule has 0 spiro atoms. The fraction of sp³-hybridized carbons (Fsp3) is 0.389. The molecule has 0 amide bonds. The van der Waals surface area contributed by atoms with Gasteiger partial charge in [0.15, 0.2) is 0 Å². The number of hydrogen-bond acceptors (Lipinski definition) is 4. The number of rotatable bonds is 5. The summed E-state index contributed by atoms with van der Waals surface area (Å²) in [6, 6.07) is 12.9. The van der Waals surface area contributed by atoms with Crippen molar-refractivity contribution in [3.8, 4) is 5.69 Å². The molecule has 0 saturated carbocycles. The first-order chi connectivity index (χ1) is 11.9. The van der Waals surface area contributed by atoms with E-state index in [2.05, 4.69) is 33.2 Å². The number of nitrogens with zero attached hydrogens (tertiary/aromatic N) is 6. The van der Waals surface area contributed by atoms with Gasteiger partial charge in [-0.05, 0) is 37.6 Å². The number of likely N-dealkylation sites (tertiary alicyclic amines) is 1. The van der Waals surface area contributed by atoms with Crippen LogP contribution in [0.2, 0.25) is 0 Å². The van der Waals surface area contributed by atoms with Gasteiger partial charge in [0.25, 0.3) is 0 Å². The molecular formula is C18H22N6. The third-order valence-electron chi connectivity index (χ3n) is 4.64. The van der Waals surface area contributed by atoms with Crippen molar-refractivity contribution in [3.63, 3.8) is 0 Å². The van der Waals surface area contributed by atoms with Crippen molar-refractivity contribution in [2.75, 3.05) is 6.54 Å². The molecule has 0 aliphatic carbocycles. The highest BCUT2D eigenvalue weighted by Gasteiger charge is 2.23. The van der Waals surface area contributed by atoms with Crippen LogP contribution in [-0.2, 0) is 13.1 Å². The van der Waals surface area contributed by atoms with E-state index >= 15 is 0 Å². The highest BCUT2D eigenvalue weighted by Crippen LogP contribution is 2.20. The van der Waals surface area contributed by atoms with Gasteiger partial charge in [-0.3, -0.25) is 9.58 Å². The van der Waals surface area contributed by atoms with Gasteiger partial charge in [-0.2, -0.15) is 10.2 Å². The van der Waals surface area contributed by atoms with Crippen LogP contribution in [0.4, 0.5) is 0 Å². The van der Waals surface area contributed by atoms with E-state index in [-0.39, 0.29) is 0 Å². The zero-order chi connectivity index (χ0) is 16.2. The summed E-state index contributed by atoms with van der Waals surface area (Å²) in [5, 5.41) is 9.00. The van der Waals surface area contributed by atoms with E-state index in [0.29, 0.717) is 6.04 Å². The molecular weight excluding hydrogens is 300 g/mol. The van der Waals surface area contributed by atoms with Gasteiger partial charge in [0, 0.05) is 18.8 Å². The van der Waals surface area contributed by atoms with Crippen molar-refractivity contribution in [1.29, 1.82) is 0 Å². The predicted molar refractivity (Wildman–Crippen MR) is 91.6 cm³/mol. The molecule has 0 unspecified atom stereocenters. The van der Waals surface area contributed by atoms with Crippen LogP contribution in [0, 0.1) is 0 Å². The maximum Gasteiger partial charge on any atom is 0.137 e. The Bertz CT molecular complexity index is 749. The lowest BCUT2D eigenvalue weighted by Gasteiger charge is -2.35. The quantitative estimate of drug-likeness (QED) is 0.724. The molecule has 24 heavy (non-hydrogen) atoms. The molecule has 1 saturated heterocycles. The molecule has 0 bridgehead atoms. The van der Waals surface area contributed by atoms with Crippen LogP contribution in [0.25, 0.3) is 5.69 Å². The van der Waals surface area contributed by atoms with Crippen LogP contribution >= 0.6 is 0 Å². The van der Waals surface area contributed by atoms with Crippen LogP contribution in [-0.4, -0.2) is 42.0 Å². The van der Waals surface area contributed by atoms with Crippen molar-refractivity contribution in [2.45, 2.75) is 38.4 Å². The van der Waals surface area contributed by atoms with Crippen molar-refractivity contribution in [3.05, 3.63) is 60.9 Å². The largest absolute Gasteiger partial charge is 0.293 e. The molecule has 1 atom stereocenters. The fourth-order valence-corrected chi connectivity index (χ4v) is 3.40. The summed E-state index contributed by atoms with van der Waals surface area (Å²) in [5.41, 5.74) is 2.21. The smallest absolute Gasteiger partial charge is 0.137 e. The highest BCUT2D eigenvalue weighted by atomic mass is 15.3. The lowest BCUT2D eigenvalue weighted by Crippen LogP contribution is -2.41. The van der Waals surface area contributed by atoms with E-state index in [4.69, 9.17) is 5.10 Å². The van der Waals surface area contributed by atoms with Crippen LogP contribution in [0.3, 0.4) is 0 Å². The van der Waals surface area contributed by atoms with Gasteiger partial charge < -0.3 is 0 Å². The maximum atomic E-state index is 4.75. The van der Waals surface area contributed by atoms with Crippen molar-refractivity contribution in [1.82, 2.24) is 29.4 Å². The fourth-order valence-electron chi connectivity index (χ4n) is 3.40. The van der Waals surface area contributed by atoms with E-state index in [9.17, 15) is 0 Å². The summed E-state index contributed by atoms with van der Waals surface area (Å²) in [4.78, 5) is 6.58. The molecule has 1 aliphatic heterocycles. The van der Waals surface area contributed by atoms with Gasteiger partial charge in [0.05, 0.1) is 17.9 Å². The topological polar surface area (TPSA) is 51.8 Å². The Hall–Kier alpha value is -2.47.